The fourth-order valence-electron chi connectivity index (χ4n) is 3.55. The summed E-state index contributed by atoms with van der Waals surface area (Å²) in [6.45, 7) is 15.0. The molecule has 2 rings (SSSR count). The minimum atomic E-state index is 0.247. The number of hydrogen-bond acceptors (Lipinski definition) is 1. The molecule has 1 N–H and O–H groups in total. The van der Waals surface area contributed by atoms with E-state index in [-0.39, 0.29) is 5.41 Å². The molecule has 1 aromatic rings. The van der Waals surface area contributed by atoms with E-state index in [4.69, 9.17) is 0 Å². The summed E-state index contributed by atoms with van der Waals surface area (Å²) in [4.78, 5) is 0. The zero-order valence-corrected chi connectivity index (χ0v) is 15.5. The largest absolute Gasteiger partial charge is 0.310 e. The molecule has 1 heteroatoms. The monoisotopic (exact) mass is 301 g/mol. The van der Waals surface area contributed by atoms with Crippen LogP contribution in [0.15, 0.2) is 24.3 Å². The van der Waals surface area contributed by atoms with Crippen molar-refractivity contribution in [3.8, 4) is 0 Å². The first-order valence-corrected chi connectivity index (χ1v) is 8.99. The fourth-order valence-corrected chi connectivity index (χ4v) is 3.55. The molecule has 1 aromatic carbocycles. The molecule has 1 saturated carbocycles. The Morgan fingerprint density at radius 1 is 0.864 bits per heavy atom. The van der Waals surface area contributed by atoms with E-state index in [9.17, 15) is 0 Å². The van der Waals surface area contributed by atoms with Gasteiger partial charge in [0.1, 0.15) is 0 Å². The van der Waals surface area contributed by atoms with Crippen LogP contribution in [0.3, 0.4) is 0 Å². The molecule has 0 unspecified atom stereocenters. The van der Waals surface area contributed by atoms with Gasteiger partial charge in [-0.25, -0.2) is 0 Å². The molecule has 1 aliphatic carbocycles. The summed E-state index contributed by atoms with van der Waals surface area (Å²) in [5.41, 5.74) is 3.55. The maximum Gasteiger partial charge on any atom is 0.0208 e. The average Bonchev–Trinajstić information content (AvgIpc) is 2.44. The number of benzene rings is 1. The first-order valence-electron chi connectivity index (χ1n) is 8.99. The molecule has 1 nitrogen and oxygen atoms in total. The third-order valence-corrected chi connectivity index (χ3v) is 5.37. The smallest absolute Gasteiger partial charge is 0.0208 e. The first-order chi connectivity index (χ1) is 10.2. The lowest BCUT2D eigenvalue weighted by Gasteiger charge is -2.37. The van der Waals surface area contributed by atoms with Crippen LogP contribution < -0.4 is 5.32 Å². The van der Waals surface area contributed by atoms with Crippen molar-refractivity contribution in [3.63, 3.8) is 0 Å². The summed E-state index contributed by atoms with van der Waals surface area (Å²) in [5.74, 6) is 0.900. The molecule has 0 amide bonds. The maximum atomic E-state index is 3.77. The van der Waals surface area contributed by atoms with Crippen molar-refractivity contribution in [1.29, 1.82) is 0 Å². The minimum Gasteiger partial charge on any atom is -0.310 e. The van der Waals surface area contributed by atoms with E-state index in [0.717, 1.165) is 12.5 Å². The van der Waals surface area contributed by atoms with E-state index < -0.39 is 0 Å². The number of hydrogen-bond donors (Lipinski definition) is 1. The van der Waals surface area contributed by atoms with Gasteiger partial charge < -0.3 is 5.32 Å². The number of nitrogens with one attached hydrogen (secondary N) is 1. The van der Waals surface area contributed by atoms with E-state index >= 15 is 0 Å². The second-order valence-corrected chi connectivity index (χ2v) is 9.24. The molecule has 1 aliphatic rings. The third-order valence-electron chi connectivity index (χ3n) is 5.37. The van der Waals surface area contributed by atoms with Crippen LogP contribution in [0.25, 0.3) is 0 Å². The molecule has 124 valence electrons. The minimum absolute atomic E-state index is 0.247. The summed E-state index contributed by atoms with van der Waals surface area (Å²) in [7, 11) is 0. The van der Waals surface area contributed by atoms with Crippen LogP contribution in [-0.2, 0) is 12.0 Å². The van der Waals surface area contributed by atoms with Crippen molar-refractivity contribution in [2.75, 3.05) is 0 Å². The van der Waals surface area contributed by atoms with Gasteiger partial charge in [-0.1, -0.05) is 65.8 Å². The highest BCUT2D eigenvalue weighted by atomic mass is 14.9. The Morgan fingerprint density at radius 3 is 1.86 bits per heavy atom. The molecule has 0 aliphatic heterocycles. The lowest BCUT2D eigenvalue weighted by atomic mass is 9.71. The summed E-state index contributed by atoms with van der Waals surface area (Å²) in [6.07, 6.45) is 5.43. The third kappa shape index (κ3) is 4.84. The number of rotatable bonds is 3. The van der Waals surface area contributed by atoms with Gasteiger partial charge in [-0.3, -0.25) is 0 Å². The van der Waals surface area contributed by atoms with Crippen LogP contribution >= 0.6 is 0 Å². The highest BCUT2D eigenvalue weighted by Gasteiger charge is 2.29. The Balaban J connectivity index is 1.80. The zero-order chi connectivity index (χ0) is 16.4. The van der Waals surface area contributed by atoms with Gasteiger partial charge in [0.25, 0.3) is 0 Å². The summed E-state index contributed by atoms with van der Waals surface area (Å²) < 4.78 is 0. The van der Waals surface area contributed by atoms with Crippen LogP contribution in [-0.4, -0.2) is 6.04 Å². The van der Waals surface area contributed by atoms with E-state index in [0.29, 0.717) is 11.5 Å². The molecule has 22 heavy (non-hydrogen) atoms. The van der Waals surface area contributed by atoms with Crippen LogP contribution in [0, 0.1) is 11.3 Å². The molecule has 0 heterocycles. The van der Waals surface area contributed by atoms with E-state index in [1.54, 1.807) is 0 Å². The van der Waals surface area contributed by atoms with Crippen molar-refractivity contribution in [2.24, 2.45) is 11.3 Å². The lowest BCUT2D eigenvalue weighted by molar-refractivity contribution is 0.160. The topological polar surface area (TPSA) is 12.0 Å². The van der Waals surface area contributed by atoms with Gasteiger partial charge in [0.2, 0.25) is 0 Å². The summed E-state index contributed by atoms with van der Waals surface area (Å²) in [5, 5.41) is 3.77. The quantitative estimate of drug-likeness (QED) is 0.757. The van der Waals surface area contributed by atoms with E-state index in [1.165, 1.54) is 36.8 Å². The zero-order valence-electron chi connectivity index (χ0n) is 15.5. The van der Waals surface area contributed by atoms with Crippen LogP contribution in [0.2, 0.25) is 0 Å². The van der Waals surface area contributed by atoms with Crippen LogP contribution in [0.1, 0.15) is 78.4 Å². The van der Waals surface area contributed by atoms with Gasteiger partial charge in [-0.15, -0.1) is 0 Å². The molecular weight excluding hydrogens is 266 g/mol. The Labute approximate surface area is 137 Å². The Bertz CT molecular complexity index is 450. The highest BCUT2D eigenvalue weighted by Crippen LogP contribution is 2.37. The van der Waals surface area contributed by atoms with Crippen molar-refractivity contribution in [3.05, 3.63) is 35.4 Å². The van der Waals surface area contributed by atoms with Gasteiger partial charge in [0.15, 0.2) is 0 Å². The molecule has 1 fully saturated rings. The standard InChI is InChI=1S/C21H35N/c1-20(2,3)17-9-7-16(8-10-17)15-22-19-13-11-18(12-14-19)21(4,5)6/h7-10,18-19,22H,11-15H2,1-6H3. The van der Waals surface area contributed by atoms with Gasteiger partial charge in [0, 0.05) is 12.6 Å². The van der Waals surface area contributed by atoms with Crippen LogP contribution in [0.5, 0.6) is 0 Å². The van der Waals surface area contributed by atoms with Gasteiger partial charge >= 0.3 is 0 Å². The Kier molecular flexibility index (Phi) is 5.37. The molecule has 0 aromatic heterocycles. The maximum absolute atomic E-state index is 3.77. The van der Waals surface area contributed by atoms with Crippen molar-refractivity contribution in [1.82, 2.24) is 5.32 Å². The molecule has 0 spiro atoms. The van der Waals surface area contributed by atoms with Gasteiger partial charge in [0.05, 0.1) is 0 Å². The molecule has 0 atom stereocenters. The SMILES string of the molecule is CC(C)(C)c1ccc(CNC2CCC(C(C)(C)C)CC2)cc1. The van der Waals surface area contributed by atoms with E-state index in [2.05, 4.69) is 71.1 Å². The molecule has 0 radical (unpaired) electrons. The molecule has 0 bridgehead atoms. The average molecular weight is 302 g/mol. The Morgan fingerprint density at radius 2 is 1.41 bits per heavy atom. The van der Waals surface area contributed by atoms with E-state index in [1.807, 2.05) is 0 Å². The predicted molar refractivity (Wildman–Crippen MR) is 97.2 cm³/mol. The predicted octanol–water partition coefficient (Wildman–Crippen LogP) is 5.68. The second kappa shape index (κ2) is 6.74. The molecular formula is C21H35N. The first kappa shape index (κ1) is 17.5. The van der Waals surface area contributed by atoms with Crippen molar-refractivity contribution >= 4 is 0 Å². The lowest BCUT2D eigenvalue weighted by Crippen LogP contribution is -2.35. The second-order valence-electron chi connectivity index (χ2n) is 9.24. The fraction of sp³-hybridized carbons (Fsp3) is 0.714. The Hall–Kier alpha value is -0.820. The molecule has 0 saturated heterocycles. The van der Waals surface area contributed by atoms with Gasteiger partial charge in [-0.2, -0.15) is 0 Å². The van der Waals surface area contributed by atoms with Gasteiger partial charge in [-0.05, 0) is 53.6 Å². The normalized spacial score (nSPS) is 23.5. The summed E-state index contributed by atoms with van der Waals surface area (Å²) >= 11 is 0. The van der Waals surface area contributed by atoms with Crippen molar-refractivity contribution < 1.29 is 0 Å². The van der Waals surface area contributed by atoms with Crippen molar-refractivity contribution in [2.45, 2.75) is 85.2 Å². The summed E-state index contributed by atoms with van der Waals surface area (Å²) in [6, 6.07) is 9.85. The van der Waals surface area contributed by atoms with Crippen LogP contribution in [0.4, 0.5) is 0 Å². The highest BCUT2D eigenvalue weighted by molar-refractivity contribution is 5.27.